The molecule has 2 aliphatic heterocycles. The molecule has 40 heavy (non-hydrogen) atoms. The van der Waals surface area contributed by atoms with Gasteiger partial charge in [0.15, 0.2) is 10.4 Å². The third-order valence-corrected chi connectivity index (χ3v) is 8.70. The van der Waals surface area contributed by atoms with E-state index in [4.69, 9.17) is 4.42 Å². The van der Waals surface area contributed by atoms with Gasteiger partial charge in [-0.15, -0.1) is 11.8 Å². The first-order valence-corrected chi connectivity index (χ1v) is 15.0. The number of carbonyl (C=O) groups is 2. The lowest BCUT2D eigenvalue weighted by Crippen LogP contribution is -2.47. The van der Waals surface area contributed by atoms with Crippen LogP contribution in [-0.4, -0.2) is 35.7 Å². The fourth-order valence-corrected chi connectivity index (χ4v) is 6.57. The van der Waals surface area contributed by atoms with Gasteiger partial charge in [0.05, 0.1) is 17.1 Å². The zero-order chi connectivity index (χ0) is 27.8. The molecule has 0 spiro atoms. The number of para-hydroxylation sites is 1. The maximum absolute atomic E-state index is 13.3. The Morgan fingerprint density at radius 3 is 2.55 bits per heavy atom. The molecule has 4 heterocycles. The molecular weight excluding hydrogens is 592 g/mol. The van der Waals surface area contributed by atoms with Crippen LogP contribution in [0.15, 0.2) is 91.6 Å². The molecule has 2 aliphatic rings. The summed E-state index contributed by atoms with van der Waals surface area (Å²) < 4.78 is 7.82. The zero-order valence-corrected chi connectivity index (χ0v) is 24.1. The van der Waals surface area contributed by atoms with E-state index in [0.29, 0.717) is 34.9 Å². The predicted octanol–water partition coefficient (Wildman–Crippen LogP) is 6.05. The van der Waals surface area contributed by atoms with Gasteiger partial charge in [0, 0.05) is 47.8 Å². The predicted molar refractivity (Wildman–Crippen MR) is 161 cm³/mol. The van der Waals surface area contributed by atoms with Gasteiger partial charge in [-0.25, -0.2) is 0 Å². The van der Waals surface area contributed by atoms with Crippen molar-refractivity contribution in [2.75, 3.05) is 34.9 Å². The summed E-state index contributed by atoms with van der Waals surface area (Å²) in [6.07, 6.45) is 2.97. The van der Waals surface area contributed by atoms with E-state index in [-0.39, 0.29) is 23.1 Å². The summed E-state index contributed by atoms with van der Waals surface area (Å²) in [5.74, 6) is -0.0382. The van der Waals surface area contributed by atoms with Crippen LogP contribution in [0.3, 0.4) is 0 Å². The summed E-state index contributed by atoms with van der Waals surface area (Å²) in [7, 11) is 0. The number of fused-ring (bicyclic) bond motifs is 4. The Morgan fingerprint density at radius 1 is 0.925 bits per heavy atom. The van der Waals surface area contributed by atoms with Crippen LogP contribution in [0.4, 0.5) is 17.1 Å². The smallest absolute Gasteiger partial charge is 0.291 e. The van der Waals surface area contributed by atoms with Crippen LogP contribution in [0.2, 0.25) is 0 Å². The number of hydrogen-bond donors (Lipinski definition) is 2. The number of pyridine rings is 1. The average Bonchev–Trinajstić information content (AvgIpc) is 3.40. The normalized spacial score (nSPS) is 17.7. The Labute approximate surface area is 243 Å². The van der Waals surface area contributed by atoms with Gasteiger partial charge in [-0.1, -0.05) is 18.2 Å². The number of rotatable bonds is 6. The second-order valence-electron chi connectivity index (χ2n) is 10.0. The molecule has 0 aliphatic carbocycles. The lowest BCUT2D eigenvalue weighted by Gasteiger charge is -2.44. The molecular formula is C30H27BrN4O4S. The summed E-state index contributed by atoms with van der Waals surface area (Å²) in [5.41, 5.74) is 3.58. The van der Waals surface area contributed by atoms with Gasteiger partial charge in [-0.2, -0.15) is 0 Å². The molecule has 2 aromatic heterocycles. The largest absolute Gasteiger partial charge is 0.444 e. The van der Waals surface area contributed by atoms with Crippen LogP contribution >= 0.6 is 27.7 Å². The second-order valence-corrected chi connectivity index (χ2v) is 11.7. The van der Waals surface area contributed by atoms with Crippen molar-refractivity contribution < 1.29 is 14.0 Å². The van der Waals surface area contributed by atoms with Crippen molar-refractivity contribution in [3.05, 3.63) is 105 Å². The van der Waals surface area contributed by atoms with E-state index in [1.807, 2.05) is 53.3 Å². The third kappa shape index (κ3) is 5.21. The fraction of sp³-hybridized carbons (Fsp3) is 0.233. The molecule has 6 rings (SSSR count). The number of hydrogen-bond acceptors (Lipinski definition) is 6. The summed E-state index contributed by atoms with van der Waals surface area (Å²) in [5, 5.41) is 5.98. The number of nitrogens with one attached hydrogen (secondary N) is 2. The summed E-state index contributed by atoms with van der Waals surface area (Å²) in [6.45, 7) is 2.10. The van der Waals surface area contributed by atoms with E-state index in [1.54, 1.807) is 42.1 Å². The monoisotopic (exact) mass is 618 g/mol. The average molecular weight is 620 g/mol. The Balaban J connectivity index is 1.33. The number of furan rings is 1. The Morgan fingerprint density at radius 2 is 1.75 bits per heavy atom. The van der Waals surface area contributed by atoms with Crippen molar-refractivity contribution >= 4 is 56.6 Å². The van der Waals surface area contributed by atoms with E-state index in [0.717, 1.165) is 34.9 Å². The highest BCUT2D eigenvalue weighted by Gasteiger charge is 2.35. The van der Waals surface area contributed by atoms with Crippen LogP contribution in [0, 0.1) is 5.92 Å². The van der Waals surface area contributed by atoms with Crippen molar-refractivity contribution in [1.29, 1.82) is 0 Å². The minimum atomic E-state index is -0.411. The highest BCUT2D eigenvalue weighted by atomic mass is 79.9. The summed E-state index contributed by atoms with van der Waals surface area (Å²) >= 11 is 4.80. The molecule has 2 aromatic carbocycles. The molecule has 2 amide bonds. The van der Waals surface area contributed by atoms with Crippen LogP contribution in [0.5, 0.6) is 0 Å². The number of amides is 2. The fourth-order valence-electron chi connectivity index (χ4n) is 5.71. The zero-order valence-electron chi connectivity index (χ0n) is 21.7. The van der Waals surface area contributed by atoms with Gasteiger partial charge >= 0.3 is 0 Å². The van der Waals surface area contributed by atoms with Gasteiger partial charge in [0.25, 0.3) is 17.4 Å². The molecule has 2 unspecified atom stereocenters. The standard InChI is InChI=1S/C30H27BrN4O4S/c1-40-26-7-3-2-5-21(26)32-29(37)19-9-10-24(22(14-19)33-30(38)25-11-12-27(31)39-25)34-15-18-13-20(17-34)23-6-4-8-28(36)35(23)16-18/h2-12,14,18,20H,13,15-17H2,1H3,(H,32,37)(H,33,38). The SMILES string of the molecule is CSc1ccccc1NC(=O)c1ccc(N2CC3CC(C2)c2cccc(=O)n2C3)c(NC(=O)c2ccc(Br)o2)c1. The van der Waals surface area contributed by atoms with Crippen molar-refractivity contribution in [1.82, 2.24) is 4.57 Å². The maximum Gasteiger partial charge on any atom is 0.291 e. The Kier molecular flexibility index (Phi) is 7.29. The first-order valence-electron chi connectivity index (χ1n) is 13.0. The van der Waals surface area contributed by atoms with Gasteiger partial charge in [0.2, 0.25) is 0 Å². The minimum absolute atomic E-state index is 0.0385. The number of aromatic nitrogens is 1. The van der Waals surface area contributed by atoms with Crippen molar-refractivity contribution in [3.63, 3.8) is 0 Å². The maximum atomic E-state index is 13.3. The summed E-state index contributed by atoms with van der Waals surface area (Å²) in [4.78, 5) is 42.1. The van der Waals surface area contributed by atoms with Crippen LogP contribution < -0.4 is 21.1 Å². The lowest BCUT2D eigenvalue weighted by molar-refractivity contribution is 0.0992. The molecule has 8 nitrogen and oxygen atoms in total. The molecule has 2 bridgehead atoms. The van der Waals surface area contributed by atoms with E-state index in [9.17, 15) is 14.4 Å². The molecule has 10 heteroatoms. The van der Waals surface area contributed by atoms with Gasteiger partial charge in [-0.3, -0.25) is 14.4 Å². The first kappa shape index (κ1) is 26.5. The minimum Gasteiger partial charge on any atom is -0.444 e. The van der Waals surface area contributed by atoms with E-state index in [1.165, 1.54) is 0 Å². The highest BCUT2D eigenvalue weighted by molar-refractivity contribution is 9.10. The van der Waals surface area contributed by atoms with Gasteiger partial charge < -0.3 is 24.5 Å². The number of nitrogens with zero attached hydrogens (tertiary/aromatic N) is 2. The van der Waals surface area contributed by atoms with E-state index in [2.05, 4.69) is 31.5 Å². The molecule has 2 N–H and O–H groups in total. The van der Waals surface area contributed by atoms with Crippen LogP contribution in [-0.2, 0) is 6.54 Å². The molecule has 1 fully saturated rings. The number of thioether (sulfide) groups is 1. The Bertz CT molecular complexity index is 1670. The van der Waals surface area contributed by atoms with Crippen molar-refractivity contribution in [2.45, 2.75) is 23.8 Å². The summed E-state index contributed by atoms with van der Waals surface area (Å²) in [6, 6.07) is 21.7. The molecule has 2 atom stereocenters. The topological polar surface area (TPSA) is 96.6 Å². The molecule has 204 valence electrons. The quantitative estimate of drug-likeness (QED) is 0.255. The first-order chi connectivity index (χ1) is 19.4. The lowest BCUT2D eigenvalue weighted by atomic mass is 9.83. The molecule has 4 aromatic rings. The van der Waals surface area contributed by atoms with Crippen LogP contribution in [0.25, 0.3) is 0 Å². The Hall–Kier alpha value is -3.76. The highest BCUT2D eigenvalue weighted by Crippen LogP contribution is 2.39. The number of halogens is 1. The number of anilines is 3. The molecule has 0 radical (unpaired) electrons. The molecule has 1 saturated heterocycles. The third-order valence-electron chi connectivity index (χ3n) is 7.48. The number of carbonyl (C=O) groups excluding carboxylic acids is 2. The number of benzene rings is 2. The van der Waals surface area contributed by atoms with Crippen molar-refractivity contribution in [3.8, 4) is 0 Å². The van der Waals surface area contributed by atoms with Gasteiger partial charge in [-0.05, 0) is 83.1 Å². The second kappa shape index (κ2) is 11.0. The van der Waals surface area contributed by atoms with E-state index >= 15 is 0 Å². The van der Waals surface area contributed by atoms with Crippen LogP contribution in [0.1, 0.15) is 38.9 Å². The number of piperidine rings is 1. The van der Waals surface area contributed by atoms with E-state index < -0.39 is 5.91 Å². The molecule has 0 saturated carbocycles. The van der Waals surface area contributed by atoms with Gasteiger partial charge in [0.1, 0.15) is 0 Å². The van der Waals surface area contributed by atoms with Crippen molar-refractivity contribution in [2.24, 2.45) is 5.92 Å².